The van der Waals surface area contributed by atoms with Crippen molar-refractivity contribution in [2.45, 2.75) is 33.1 Å². The second kappa shape index (κ2) is 5.01. The van der Waals surface area contributed by atoms with Gasteiger partial charge in [-0.2, -0.15) is 0 Å². The van der Waals surface area contributed by atoms with E-state index in [4.69, 9.17) is 4.98 Å². The van der Waals surface area contributed by atoms with Crippen LogP contribution in [-0.4, -0.2) is 14.4 Å². The van der Waals surface area contributed by atoms with Gasteiger partial charge in [-0.1, -0.05) is 19.9 Å². The number of rotatable bonds is 1. The predicted molar refractivity (Wildman–Crippen MR) is 90.5 cm³/mol. The van der Waals surface area contributed by atoms with E-state index in [1.54, 1.807) is 10.6 Å². The van der Waals surface area contributed by atoms with Gasteiger partial charge in [0.15, 0.2) is 0 Å². The highest BCUT2D eigenvalue weighted by Crippen LogP contribution is 2.32. The van der Waals surface area contributed by atoms with E-state index in [2.05, 4.69) is 18.8 Å². The Morgan fingerprint density at radius 3 is 2.87 bits per heavy atom. The molecule has 23 heavy (non-hydrogen) atoms. The summed E-state index contributed by atoms with van der Waals surface area (Å²) in [7, 11) is 0. The predicted octanol–water partition coefficient (Wildman–Crippen LogP) is 3.27. The van der Waals surface area contributed by atoms with Gasteiger partial charge in [-0.25, -0.2) is 4.98 Å². The Labute approximate surface area is 134 Å². The van der Waals surface area contributed by atoms with Gasteiger partial charge in [0, 0.05) is 23.5 Å². The van der Waals surface area contributed by atoms with E-state index in [1.807, 2.05) is 36.5 Å². The van der Waals surface area contributed by atoms with Gasteiger partial charge in [-0.15, -0.1) is 0 Å². The Hall–Kier alpha value is -2.49. The zero-order chi connectivity index (χ0) is 16.0. The SMILES string of the molecule is CC1(C)CCc2nc3cc(-c4ccccn4)ccn3c(=O)c2C1. The maximum Gasteiger partial charge on any atom is 0.261 e. The monoisotopic (exact) mass is 305 g/mol. The van der Waals surface area contributed by atoms with Crippen LogP contribution >= 0.6 is 0 Å². The van der Waals surface area contributed by atoms with Gasteiger partial charge < -0.3 is 0 Å². The third kappa shape index (κ3) is 2.44. The molecule has 0 aromatic carbocycles. The number of aromatic nitrogens is 3. The summed E-state index contributed by atoms with van der Waals surface area (Å²) in [5.41, 5.74) is 4.67. The molecule has 1 aliphatic carbocycles. The van der Waals surface area contributed by atoms with Gasteiger partial charge in [0.25, 0.3) is 5.56 Å². The van der Waals surface area contributed by atoms with E-state index in [1.165, 1.54) is 0 Å². The van der Waals surface area contributed by atoms with E-state index in [0.717, 1.165) is 41.8 Å². The standard InChI is InChI=1S/C19H19N3O/c1-19(2)8-6-16-14(12-19)18(23)22-10-7-13(11-17(22)21-16)15-5-3-4-9-20-15/h3-5,7,9-11H,6,8,12H2,1-2H3. The normalized spacial score (nSPS) is 16.3. The van der Waals surface area contributed by atoms with Crippen molar-refractivity contribution in [2.24, 2.45) is 5.41 Å². The first kappa shape index (κ1) is 14.1. The summed E-state index contributed by atoms with van der Waals surface area (Å²) in [5, 5.41) is 0. The summed E-state index contributed by atoms with van der Waals surface area (Å²) in [6.45, 7) is 4.43. The van der Waals surface area contributed by atoms with Gasteiger partial charge in [-0.05, 0) is 48.9 Å². The van der Waals surface area contributed by atoms with Crippen molar-refractivity contribution in [1.29, 1.82) is 0 Å². The minimum absolute atomic E-state index is 0.0744. The molecule has 116 valence electrons. The molecule has 0 atom stereocenters. The number of pyridine rings is 2. The zero-order valence-electron chi connectivity index (χ0n) is 13.4. The van der Waals surface area contributed by atoms with E-state index in [9.17, 15) is 4.79 Å². The number of hydrogen-bond donors (Lipinski definition) is 0. The fraction of sp³-hybridized carbons (Fsp3) is 0.316. The van der Waals surface area contributed by atoms with E-state index >= 15 is 0 Å². The van der Waals surface area contributed by atoms with Crippen LogP contribution in [0, 0.1) is 5.41 Å². The summed E-state index contributed by atoms with van der Waals surface area (Å²) >= 11 is 0. The number of nitrogens with zero attached hydrogens (tertiary/aromatic N) is 3. The third-order valence-corrected chi connectivity index (χ3v) is 4.66. The van der Waals surface area contributed by atoms with Crippen LogP contribution in [0.15, 0.2) is 47.5 Å². The smallest absolute Gasteiger partial charge is 0.261 e. The van der Waals surface area contributed by atoms with Crippen LogP contribution in [0.4, 0.5) is 0 Å². The van der Waals surface area contributed by atoms with Crippen molar-refractivity contribution in [1.82, 2.24) is 14.4 Å². The number of hydrogen-bond acceptors (Lipinski definition) is 3. The largest absolute Gasteiger partial charge is 0.269 e. The van der Waals surface area contributed by atoms with E-state index in [0.29, 0.717) is 5.65 Å². The zero-order valence-corrected chi connectivity index (χ0v) is 13.4. The fourth-order valence-electron chi connectivity index (χ4n) is 3.32. The van der Waals surface area contributed by atoms with Gasteiger partial charge in [0.1, 0.15) is 5.65 Å². The van der Waals surface area contributed by atoms with Crippen LogP contribution < -0.4 is 5.56 Å². The second-order valence-electron chi connectivity index (χ2n) is 7.04. The van der Waals surface area contributed by atoms with Crippen LogP contribution in [0.25, 0.3) is 16.9 Å². The van der Waals surface area contributed by atoms with Crippen molar-refractivity contribution in [2.75, 3.05) is 0 Å². The number of aryl methyl sites for hydroxylation is 1. The molecule has 3 aromatic heterocycles. The lowest BCUT2D eigenvalue weighted by atomic mass is 9.76. The van der Waals surface area contributed by atoms with Crippen LogP contribution in [0.5, 0.6) is 0 Å². The molecular weight excluding hydrogens is 286 g/mol. The summed E-state index contributed by atoms with van der Waals surface area (Å²) < 4.78 is 1.66. The maximum absolute atomic E-state index is 12.8. The van der Waals surface area contributed by atoms with Crippen molar-refractivity contribution >= 4 is 5.65 Å². The third-order valence-electron chi connectivity index (χ3n) is 4.66. The van der Waals surface area contributed by atoms with E-state index < -0.39 is 0 Å². The Morgan fingerprint density at radius 2 is 2.09 bits per heavy atom. The molecule has 4 rings (SSSR count). The molecule has 4 nitrogen and oxygen atoms in total. The molecule has 4 heteroatoms. The fourth-order valence-corrected chi connectivity index (χ4v) is 3.32. The molecule has 0 amide bonds. The Balaban J connectivity index is 1.90. The van der Waals surface area contributed by atoms with Gasteiger partial charge >= 0.3 is 0 Å². The van der Waals surface area contributed by atoms with Crippen LogP contribution in [0.1, 0.15) is 31.5 Å². The van der Waals surface area contributed by atoms with Crippen molar-refractivity contribution < 1.29 is 0 Å². The molecule has 3 aromatic rings. The molecule has 0 radical (unpaired) electrons. The first-order chi connectivity index (χ1) is 11.0. The molecule has 0 N–H and O–H groups in total. The minimum Gasteiger partial charge on any atom is -0.269 e. The average Bonchev–Trinajstić information content (AvgIpc) is 2.56. The molecule has 3 heterocycles. The van der Waals surface area contributed by atoms with E-state index in [-0.39, 0.29) is 11.0 Å². The molecule has 0 aliphatic heterocycles. The molecular formula is C19H19N3O. The van der Waals surface area contributed by atoms with Gasteiger partial charge in [0.2, 0.25) is 0 Å². The first-order valence-electron chi connectivity index (χ1n) is 7.99. The summed E-state index contributed by atoms with van der Waals surface area (Å²) in [5.74, 6) is 0. The second-order valence-corrected chi connectivity index (χ2v) is 7.04. The lowest BCUT2D eigenvalue weighted by Crippen LogP contribution is -2.31. The average molecular weight is 305 g/mol. The highest BCUT2D eigenvalue weighted by atomic mass is 16.1. The summed E-state index contributed by atoms with van der Waals surface area (Å²) in [6, 6.07) is 9.69. The van der Waals surface area contributed by atoms with Gasteiger partial charge in [-0.3, -0.25) is 14.2 Å². The quantitative estimate of drug-likeness (QED) is 0.693. The van der Waals surface area contributed by atoms with Crippen LogP contribution in [-0.2, 0) is 12.8 Å². The molecule has 0 saturated carbocycles. The number of fused-ring (bicyclic) bond motifs is 2. The first-order valence-corrected chi connectivity index (χ1v) is 7.99. The minimum atomic E-state index is 0.0744. The lowest BCUT2D eigenvalue weighted by Gasteiger charge is -2.30. The molecule has 0 spiro atoms. The topological polar surface area (TPSA) is 47.3 Å². The lowest BCUT2D eigenvalue weighted by molar-refractivity contribution is 0.310. The summed E-state index contributed by atoms with van der Waals surface area (Å²) in [6.07, 6.45) is 6.34. The van der Waals surface area contributed by atoms with Crippen LogP contribution in [0.3, 0.4) is 0 Å². The molecule has 0 unspecified atom stereocenters. The highest BCUT2D eigenvalue weighted by molar-refractivity contribution is 5.64. The Bertz CT molecular complexity index is 942. The van der Waals surface area contributed by atoms with Crippen molar-refractivity contribution in [3.8, 4) is 11.3 Å². The molecule has 1 aliphatic rings. The van der Waals surface area contributed by atoms with Crippen LogP contribution in [0.2, 0.25) is 0 Å². The Kier molecular flexibility index (Phi) is 3.08. The molecule has 0 saturated heterocycles. The summed E-state index contributed by atoms with van der Waals surface area (Å²) in [4.78, 5) is 21.9. The van der Waals surface area contributed by atoms with Gasteiger partial charge in [0.05, 0.1) is 11.4 Å². The Morgan fingerprint density at radius 1 is 1.22 bits per heavy atom. The van der Waals surface area contributed by atoms with Crippen molar-refractivity contribution in [3.05, 3.63) is 64.3 Å². The maximum atomic E-state index is 12.8. The molecule has 0 fully saturated rings. The highest BCUT2D eigenvalue weighted by Gasteiger charge is 2.28. The molecule has 0 bridgehead atoms. The van der Waals surface area contributed by atoms with Crippen molar-refractivity contribution in [3.63, 3.8) is 0 Å².